The molecule has 2 aromatic carbocycles. The smallest absolute Gasteiger partial charge is 0.465 e. The quantitative estimate of drug-likeness (QED) is 0.159. The number of nitrogens with two attached hydrogens (primary N) is 2. The van der Waals surface area contributed by atoms with E-state index >= 15 is 0 Å². The van der Waals surface area contributed by atoms with Gasteiger partial charge < -0.3 is 25.7 Å². The summed E-state index contributed by atoms with van der Waals surface area (Å²) < 4.78 is 85.2. The summed E-state index contributed by atoms with van der Waals surface area (Å²) in [7, 11) is 1.13. The van der Waals surface area contributed by atoms with E-state index in [2.05, 4.69) is 82.9 Å². The molecule has 36 heavy (non-hydrogen) atoms. The van der Waals surface area contributed by atoms with Gasteiger partial charge >= 0.3 is 18.7 Å². The number of halogens is 10. The van der Waals surface area contributed by atoms with Crippen molar-refractivity contribution in [2.24, 2.45) is 16.5 Å². The second kappa shape index (κ2) is 13.0. The molecule has 4 N–H and O–H groups in total. The molecule has 0 saturated heterocycles. The second-order valence-corrected chi connectivity index (χ2v) is 9.37. The van der Waals surface area contributed by atoms with Gasteiger partial charge in [0.2, 0.25) is 0 Å². The number of alkyl halides is 6. The highest BCUT2D eigenvalue weighted by Gasteiger charge is 2.33. The number of benzene rings is 2. The molecular weight excluding hydrogens is 772 g/mol. The van der Waals surface area contributed by atoms with Crippen molar-refractivity contribution in [3.63, 3.8) is 0 Å². The van der Waals surface area contributed by atoms with Gasteiger partial charge in [0.15, 0.2) is 5.96 Å². The number of rotatable bonds is 4. The minimum Gasteiger partial charge on any atom is -0.465 e. The van der Waals surface area contributed by atoms with Crippen LogP contribution in [0.2, 0.25) is 0 Å². The number of hydrogen-bond donors (Lipinski definition) is 2. The van der Waals surface area contributed by atoms with Crippen LogP contribution in [0.4, 0.5) is 26.3 Å². The van der Waals surface area contributed by atoms with Crippen LogP contribution >= 0.6 is 63.7 Å². The highest BCUT2D eigenvalue weighted by Crippen LogP contribution is 2.36. The highest BCUT2D eigenvalue weighted by molar-refractivity contribution is 9.11. The van der Waals surface area contributed by atoms with Crippen molar-refractivity contribution in [1.29, 1.82) is 0 Å². The van der Waals surface area contributed by atoms with Crippen LogP contribution in [0.5, 0.6) is 11.5 Å². The second-order valence-electron chi connectivity index (χ2n) is 5.95. The van der Waals surface area contributed by atoms with Crippen molar-refractivity contribution in [1.82, 2.24) is 0 Å². The van der Waals surface area contributed by atoms with Gasteiger partial charge in [-0.3, -0.25) is 4.79 Å². The Morgan fingerprint density at radius 3 is 1.50 bits per heavy atom. The highest BCUT2D eigenvalue weighted by atomic mass is 79.9. The van der Waals surface area contributed by atoms with E-state index in [1.807, 2.05) is 0 Å². The lowest BCUT2D eigenvalue weighted by atomic mass is 10.2. The van der Waals surface area contributed by atoms with Crippen LogP contribution in [0.25, 0.3) is 0 Å². The Hall–Kier alpha value is -2.05. The van der Waals surface area contributed by atoms with Gasteiger partial charge in [0.05, 0.1) is 27.2 Å². The molecule has 2 aromatic rings. The molecule has 0 unspecified atom stereocenters. The van der Waals surface area contributed by atoms with E-state index in [-0.39, 0.29) is 24.5 Å². The van der Waals surface area contributed by atoms with E-state index in [0.717, 1.165) is 19.2 Å². The number of hydrogen-bond acceptors (Lipinski definition) is 5. The zero-order chi connectivity index (χ0) is 28.0. The number of aliphatic imine (C=N–C) groups is 1. The molecular formula is C18H11Br4F6N3O5. The van der Waals surface area contributed by atoms with E-state index in [1.165, 1.54) is 12.1 Å². The van der Waals surface area contributed by atoms with Crippen LogP contribution < -0.4 is 20.9 Å². The van der Waals surface area contributed by atoms with Gasteiger partial charge in [0.25, 0.3) is 5.91 Å². The van der Waals surface area contributed by atoms with E-state index in [0.29, 0.717) is 4.47 Å². The Labute approximate surface area is 231 Å². The first-order valence-corrected chi connectivity index (χ1v) is 11.7. The predicted molar refractivity (Wildman–Crippen MR) is 129 cm³/mol. The van der Waals surface area contributed by atoms with Gasteiger partial charge in [0.1, 0.15) is 11.5 Å². The lowest BCUT2D eigenvalue weighted by Crippen LogP contribution is -2.24. The number of esters is 1. The molecule has 1 amide bonds. The van der Waals surface area contributed by atoms with Crippen molar-refractivity contribution in [3.8, 4) is 11.5 Å². The summed E-state index contributed by atoms with van der Waals surface area (Å²) >= 11 is 11.8. The minimum absolute atomic E-state index is 0.0120. The van der Waals surface area contributed by atoms with Gasteiger partial charge in [-0.25, -0.2) is 4.79 Å². The van der Waals surface area contributed by atoms with E-state index in [1.54, 1.807) is 0 Å². The number of amides is 1. The average molecular weight is 783 g/mol. The van der Waals surface area contributed by atoms with Crippen LogP contribution in [-0.2, 0) is 4.74 Å². The normalized spacial score (nSPS) is 11.1. The number of methoxy groups -OCH3 is 1. The van der Waals surface area contributed by atoms with Gasteiger partial charge in [-0.1, -0.05) is 0 Å². The summed E-state index contributed by atoms with van der Waals surface area (Å²) in [6, 6.07) is 4.30. The van der Waals surface area contributed by atoms with E-state index in [4.69, 9.17) is 11.5 Å². The molecule has 0 radical (unpaired) electrons. The lowest BCUT2D eigenvalue weighted by molar-refractivity contribution is -0.276. The fourth-order valence-corrected chi connectivity index (χ4v) is 4.55. The van der Waals surface area contributed by atoms with Crippen LogP contribution in [0.15, 0.2) is 47.1 Å². The molecule has 0 saturated carbocycles. The topological polar surface area (TPSA) is 126 Å². The zero-order valence-electron chi connectivity index (χ0n) is 17.2. The fourth-order valence-electron chi connectivity index (χ4n) is 2.07. The van der Waals surface area contributed by atoms with Gasteiger partial charge in [-0.15, -0.1) is 26.3 Å². The molecule has 0 atom stereocenters. The predicted octanol–water partition coefficient (Wildman–Crippen LogP) is 6.42. The molecule has 2 rings (SSSR count). The van der Waals surface area contributed by atoms with Crippen LogP contribution in [-0.4, -0.2) is 37.7 Å². The number of carbonyl (C=O) groups is 2. The first kappa shape index (κ1) is 32.0. The zero-order valence-corrected chi connectivity index (χ0v) is 23.6. The summed E-state index contributed by atoms with van der Waals surface area (Å²) in [5.41, 5.74) is 9.81. The molecule has 0 aliphatic carbocycles. The summed E-state index contributed by atoms with van der Waals surface area (Å²) in [5, 5.41) is 0. The Bertz CT molecular complexity index is 1170. The Morgan fingerprint density at radius 2 is 1.14 bits per heavy atom. The van der Waals surface area contributed by atoms with Crippen molar-refractivity contribution >= 4 is 81.6 Å². The first-order valence-electron chi connectivity index (χ1n) is 8.56. The molecule has 0 aliphatic heterocycles. The standard InChI is InChI=1S/C9H6Br2F3N3O2.C9H5Br2F3O3/c10-4-2-5(11)6(19-9(12,13)14)1-3(4)7(18)17-8(15)16;1-16-8(15)4-2-7(17-9(12,13)14)6(11)3-5(4)10/h1-2H,(H4,15,16,17,18);2-3H,1H3. The molecule has 0 bridgehead atoms. The number of guanidine groups is 1. The number of nitrogens with zero attached hydrogens (tertiary/aromatic N) is 1. The Morgan fingerprint density at radius 1 is 0.750 bits per heavy atom. The minimum atomic E-state index is -4.88. The third-order valence-corrected chi connectivity index (χ3v) is 5.91. The molecule has 0 aliphatic rings. The summed E-state index contributed by atoms with van der Waals surface area (Å²) in [5.74, 6) is -3.26. The van der Waals surface area contributed by atoms with Crippen molar-refractivity contribution < 1.29 is 50.1 Å². The SMILES string of the molecule is COC(=O)c1cc(OC(F)(F)F)c(Br)cc1Br.NC(N)=NC(=O)c1cc(OC(F)(F)F)c(Br)cc1Br. The van der Waals surface area contributed by atoms with E-state index in [9.17, 15) is 35.9 Å². The third-order valence-electron chi connectivity index (χ3n) is 3.36. The summed E-state index contributed by atoms with van der Waals surface area (Å²) in [6.45, 7) is 0. The molecule has 0 heterocycles. The van der Waals surface area contributed by atoms with Gasteiger partial charge in [0, 0.05) is 8.95 Å². The maximum Gasteiger partial charge on any atom is 0.573 e. The van der Waals surface area contributed by atoms with Crippen molar-refractivity contribution in [3.05, 3.63) is 53.3 Å². The van der Waals surface area contributed by atoms with Crippen LogP contribution in [0.1, 0.15) is 20.7 Å². The van der Waals surface area contributed by atoms with Gasteiger partial charge in [-0.2, -0.15) is 4.99 Å². The first-order chi connectivity index (χ1) is 16.3. The Kier molecular flexibility index (Phi) is 11.5. The Balaban J connectivity index is 0.000000362. The van der Waals surface area contributed by atoms with E-state index < -0.39 is 42.1 Å². The van der Waals surface area contributed by atoms with Crippen LogP contribution in [0, 0.1) is 0 Å². The molecule has 0 aromatic heterocycles. The third kappa shape index (κ3) is 10.5. The molecule has 0 spiro atoms. The number of ether oxygens (including phenoxy) is 3. The largest absolute Gasteiger partial charge is 0.573 e. The average Bonchev–Trinajstić information content (AvgIpc) is 2.69. The monoisotopic (exact) mass is 779 g/mol. The van der Waals surface area contributed by atoms with Crippen molar-refractivity contribution in [2.45, 2.75) is 12.7 Å². The summed E-state index contributed by atoms with van der Waals surface area (Å²) in [6.07, 6.45) is -9.71. The fraction of sp³-hybridized carbons (Fsp3) is 0.167. The maximum absolute atomic E-state index is 12.2. The molecule has 0 fully saturated rings. The number of carbonyl (C=O) groups excluding carboxylic acids is 2. The molecule has 18 heteroatoms. The van der Waals surface area contributed by atoms with Gasteiger partial charge in [-0.05, 0) is 88.0 Å². The van der Waals surface area contributed by atoms with Crippen molar-refractivity contribution in [2.75, 3.05) is 7.11 Å². The molecule has 8 nitrogen and oxygen atoms in total. The maximum atomic E-state index is 12.2. The van der Waals surface area contributed by atoms with Crippen LogP contribution in [0.3, 0.4) is 0 Å². The lowest BCUT2D eigenvalue weighted by Gasteiger charge is -2.12. The molecule has 198 valence electrons. The summed E-state index contributed by atoms with van der Waals surface area (Å²) in [4.78, 5) is 26.1.